The van der Waals surface area contributed by atoms with Crippen LogP contribution in [-0.2, 0) is 16.1 Å². The number of nitrogens with one attached hydrogen (secondary N) is 1. The number of rotatable bonds is 1. The minimum absolute atomic E-state index is 0.283. The van der Waals surface area contributed by atoms with Crippen molar-refractivity contribution in [2.45, 2.75) is 38.8 Å². The van der Waals surface area contributed by atoms with E-state index >= 15 is 0 Å². The van der Waals surface area contributed by atoms with E-state index in [-0.39, 0.29) is 24.8 Å². The van der Waals surface area contributed by atoms with E-state index in [9.17, 15) is 18.8 Å². The molecule has 1 saturated heterocycles. The number of hydrogen-bond donors (Lipinski definition) is 1. The van der Waals surface area contributed by atoms with Gasteiger partial charge in [-0.05, 0) is 43.0 Å². The highest BCUT2D eigenvalue weighted by Gasteiger charge is 2.38. The molecule has 1 atom stereocenters. The summed E-state index contributed by atoms with van der Waals surface area (Å²) in [7, 11) is 0. The van der Waals surface area contributed by atoms with Crippen LogP contribution in [0, 0.1) is 12.7 Å². The second kappa shape index (κ2) is 4.95. The van der Waals surface area contributed by atoms with Crippen LogP contribution < -0.4 is 5.32 Å². The van der Waals surface area contributed by atoms with Gasteiger partial charge in [0.05, 0.1) is 0 Å². The SMILES string of the molecule is Cc1cc(F)cc2c1CN(C1CCCC(=O)NC1=O)C2=O. The quantitative estimate of drug-likeness (QED) is 0.792. The van der Waals surface area contributed by atoms with Crippen molar-refractivity contribution in [3.05, 3.63) is 34.6 Å². The Morgan fingerprint density at radius 3 is 2.81 bits per heavy atom. The molecular formula is C15H15FN2O3. The Morgan fingerprint density at radius 1 is 1.29 bits per heavy atom. The minimum Gasteiger partial charge on any atom is -0.322 e. The maximum atomic E-state index is 13.5. The summed E-state index contributed by atoms with van der Waals surface area (Å²) in [5.41, 5.74) is 1.77. The van der Waals surface area contributed by atoms with E-state index < -0.39 is 17.8 Å². The van der Waals surface area contributed by atoms with E-state index in [0.717, 1.165) is 5.56 Å². The van der Waals surface area contributed by atoms with E-state index in [1.807, 2.05) is 0 Å². The van der Waals surface area contributed by atoms with Crippen LogP contribution in [0.25, 0.3) is 0 Å². The summed E-state index contributed by atoms with van der Waals surface area (Å²) in [6.07, 6.45) is 1.28. The van der Waals surface area contributed by atoms with Gasteiger partial charge in [-0.15, -0.1) is 0 Å². The second-order valence-corrected chi connectivity index (χ2v) is 5.50. The summed E-state index contributed by atoms with van der Waals surface area (Å²) >= 11 is 0. The average Bonchev–Trinajstić information content (AvgIpc) is 2.62. The zero-order valence-electron chi connectivity index (χ0n) is 11.6. The molecule has 3 amide bonds. The number of fused-ring (bicyclic) bond motifs is 1. The van der Waals surface area contributed by atoms with Crippen LogP contribution in [0.4, 0.5) is 4.39 Å². The van der Waals surface area contributed by atoms with Crippen LogP contribution in [0.15, 0.2) is 12.1 Å². The highest BCUT2D eigenvalue weighted by atomic mass is 19.1. The Labute approximate surface area is 121 Å². The van der Waals surface area contributed by atoms with E-state index in [2.05, 4.69) is 5.32 Å². The first-order chi connectivity index (χ1) is 9.97. The fourth-order valence-corrected chi connectivity index (χ4v) is 2.99. The molecule has 0 spiro atoms. The lowest BCUT2D eigenvalue weighted by molar-refractivity contribution is -0.132. The largest absolute Gasteiger partial charge is 0.322 e. The Hall–Kier alpha value is -2.24. The third-order valence-corrected chi connectivity index (χ3v) is 4.08. The van der Waals surface area contributed by atoms with Crippen molar-refractivity contribution in [3.8, 4) is 0 Å². The van der Waals surface area contributed by atoms with Crippen molar-refractivity contribution in [1.29, 1.82) is 0 Å². The lowest BCUT2D eigenvalue weighted by Gasteiger charge is -2.24. The fraction of sp³-hybridized carbons (Fsp3) is 0.400. The summed E-state index contributed by atoms with van der Waals surface area (Å²) < 4.78 is 13.5. The van der Waals surface area contributed by atoms with Crippen molar-refractivity contribution < 1.29 is 18.8 Å². The fourth-order valence-electron chi connectivity index (χ4n) is 2.99. The van der Waals surface area contributed by atoms with Gasteiger partial charge < -0.3 is 4.90 Å². The summed E-state index contributed by atoms with van der Waals surface area (Å²) in [6.45, 7) is 2.03. The Kier molecular flexibility index (Phi) is 3.23. The average molecular weight is 290 g/mol. The smallest absolute Gasteiger partial charge is 0.255 e. The van der Waals surface area contributed by atoms with Crippen LogP contribution in [0.3, 0.4) is 0 Å². The Balaban J connectivity index is 1.92. The minimum atomic E-state index is -0.668. The molecule has 0 saturated carbocycles. The molecule has 6 heteroatoms. The van der Waals surface area contributed by atoms with Crippen molar-refractivity contribution in [1.82, 2.24) is 10.2 Å². The number of benzene rings is 1. The van der Waals surface area contributed by atoms with E-state index in [0.29, 0.717) is 24.0 Å². The first kappa shape index (κ1) is 13.7. The standard InChI is InChI=1S/C15H15FN2O3/c1-8-5-9(16)6-10-11(8)7-18(15(10)21)12-3-2-4-13(19)17-14(12)20/h5-6,12H,2-4,7H2,1H3,(H,17,19,20). The number of hydrogen-bond acceptors (Lipinski definition) is 3. The van der Waals surface area contributed by atoms with Crippen molar-refractivity contribution in [2.24, 2.45) is 0 Å². The molecular weight excluding hydrogens is 275 g/mol. The summed E-state index contributed by atoms with van der Waals surface area (Å²) in [5.74, 6) is -1.56. The summed E-state index contributed by atoms with van der Waals surface area (Å²) in [4.78, 5) is 37.3. The number of amides is 3. The molecule has 110 valence electrons. The van der Waals surface area contributed by atoms with Crippen molar-refractivity contribution in [2.75, 3.05) is 0 Å². The number of halogens is 1. The molecule has 1 unspecified atom stereocenters. The van der Waals surface area contributed by atoms with Gasteiger partial charge in [-0.2, -0.15) is 0 Å². The van der Waals surface area contributed by atoms with E-state index in [4.69, 9.17) is 0 Å². The molecule has 21 heavy (non-hydrogen) atoms. The number of aryl methyl sites for hydroxylation is 1. The molecule has 2 aliphatic heterocycles. The van der Waals surface area contributed by atoms with E-state index in [1.54, 1.807) is 6.92 Å². The van der Waals surface area contributed by atoms with Gasteiger partial charge in [-0.25, -0.2) is 4.39 Å². The van der Waals surface area contributed by atoms with Crippen LogP contribution >= 0.6 is 0 Å². The molecule has 2 aliphatic rings. The van der Waals surface area contributed by atoms with Gasteiger partial charge in [-0.3, -0.25) is 19.7 Å². The Morgan fingerprint density at radius 2 is 2.05 bits per heavy atom. The maximum absolute atomic E-state index is 13.5. The lowest BCUT2D eigenvalue weighted by Crippen LogP contribution is -2.46. The third kappa shape index (κ3) is 2.30. The first-order valence-electron chi connectivity index (χ1n) is 6.91. The highest BCUT2D eigenvalue weighted by Crippen LogP contribution is 2.30. The van der Waals surface area contributed by atoms with Crippen LogP contribution in [0.1, 0.15) is 40.7 Å². The second-order valence-electron chi connectivity index (χ2n) is 5.50. The third-order valence-electron chi connectivity index (χ3n) is 4.08. The monoisotopic (exact) mass is 290 g/mol. The molecule has 2 heterocycles. The number of carbonyl (C=O) groups is 3. The van der Waals surface area contributed by atoms with Crippen molar-refractivity contribution in [3.63, 3.8) is 0 Å². The van der Waals surface area contributed by atoms with Gasteiger partial charge in [0.2, 0.25) is 11.8 Å². The van der Waals surface area contributed by atoms with Gasteiger partial charge in [0.25, 0.3) is 5.91 Å². The number of carbonyl (C=O) groups excluding carboxylic acids is 3. The predicted octanol–water partition coefficient (Wildman–Crippen LogP) is 1.29. The Bertz CT molecular complexity index is 657. The van der Waals surface area contributed by atoms with Gasteiger partial charge in [-0.1, -0.05) is 0 Å². The topological polar surface area (TPSA) is 66.5 Å². The molecule has 3 rings (SSSR count). The van der Waals surface area contributed by atoms with Gasteiger partial charge in [0.1, 0.15) is 11.9 Å². The first-order valence-corrected chi connectivity index (χ1v) is 6.91. The predicted molar refractivity (Wildman–Crippen MR) is 71.8 cm³/mol. The van der Waals surface area contributed by atoms with Crippen molar-refractivity contribution >= 4 is 17.7 Å². The zero-order chi connectivity index (χ0) is 15.1. The molecule has 0 aliphatic carbocycles. The highest BCUT2D eigenvalue weighted by molar-refractivity contribution is 6.04. The van der Waals surface area contributed by atoms with Gasteiger partial charge >= 0.3 is 0 Å². The van der Waals surface area contributed by atoms with E-state index in [1.165, 1.54) is 17.0 Å². The zero-order valence-corrected chi connectivity index (χ0v) is 11.6. The molecule has 0 radical (unpaired) electrons. The summed E-state index contributed by atoms with van der Waals surface area (Å²) in [5, 5.41) is 2.30. The normalized spacial score (nSPS) is 22.1. The molecule has 1 N–H and O–H groups in total. The maximum Gasteiger partial charge on any atom is 0.255 e. The summed E-state index contributed by atoms with van der Waals surface area (Å²) in [6, 6.07) is 1.93. The van der Waals surface area contributed by atoms with Gasteiger partial charge in [0, 0.05) is 18.5 Å². The molecule has 1 fully saturated rings. The van der Waals surface area contributed by atoms with Crippen LogP contribution in [0.5, 0.6) is 0 Å². The molecule has 1 aromatic carbocycles. The number of imide groups is 1. The lowest BCUT2D eigenvalue weighted by atomic mass is 10.0. The molecule has 1 aromatic rings. The molecule has 5 nitrogen and oxygen atoms in total. The van der Waals surface area contributed by atoms with Crippen LogP contribution in [-0.4, -0.2) is 28.7 Å². The molecule has 0 bridgehead atoms. The molecule has 0 aromatic heterocycles. The number of nitrogens with zero attached hydrogens (tertiary/aromatic N) is 1. The van der Waals surface area contributed by atoms with Gasteiger partial charge in [0.15, 0.2) is 0 Å². The van der Waals surface area contributed by atoms with Crippen LogP contribution in [0.2, 0.25) is 0 Å².